The molecule has 102 valence electrons. The largest absolute Gasteiger partial charge is 0.479 e. The molecule has 0 saturated heterocycles. The molecule has 1 aromatic carbocycles. The first-order chi connectivity index (χ1) is 8.97. The van der Waals surface area contributed by atoms with Crippen LogP contribution in [0.1, 0.15) is 19.8 Å². The van der Waals surface area contributed by atoms with E-state index in [0.717, 1.165) is 12.8 Å². The van der Waals surface area contributed by atoms with E-state index < -0.39 is 11.0 Å². The second-order valence-corrected chi connectivity index (χ2v) is 4.82. The third kappa shape index (κ3) is 3.57. The van der Waals surface area contributed by atoms with E-state index in [-0.39, 0.29) is 28.4 Å². The molecule has 19 heavy (non-hydrogen) atoms. The Morgan fingerprint density at radius 1 is 1.58 bits per heavy atom. The van der Waals surface area contributed by atoms with E-state index in [2.05, 4.69) is 5.32 Å². The number of benzene rings is 1. The summed E-state index contributed by atoms with van der Waals surface area (Å²) in [6.07, 6.45) is 1.30. The van der Waals surface area contributed by atoms with Gasteiger partial charge in [-0.3, -0.25) is 14.9 Å². The summed E-state index contributed by atoms with van der Waals surface area (Å²) in [6, 6.07) is 4.13. The van der Waals surface area contributed by atoms with Crippen molar-refractivity contribution in [2.75, 3.05) is 0 Å². The van der Waals surface area contributed by atoms with Gasteiger partial charge in [0.05, 0.1) is 9.95 Å². The fraction of sp³-hybridized carbons (Fsp3) is 0.417. The van der Waals surface area contributed by atoms with Gasteiger partial charge in [0.2, 0.25) is 0 Å². The average Bonchev–Trinajstić information content (AvgIpc) is 3.15. The number of halogens is 1. The number of rotatable bonds is 5. The summed E-state index contributed by atoms with van der Waals surface area (Å²) in [5.74, 6) is 0.0441. The maximum Gasteiger partial charge on any atom is 0.271 e. The second-order valence-electron chi connectivity index (χ2n) is 4.41. The van der Waals surface area contributed by atoms with Gasteiger partial charge in [-0.25, -0.2) is 0 Å². The summed E-state index contributed by atoms with van der Waals surface area (Å²) in [4.78, 5) is 21.7. The standard InChI is InChI=1S/C12H13ClN2O4/c1-7(12(16)14-8-2-3-8)19-11-5-4-9(15(17)18)6-10(11)13/h4-8H,2-3H2,1H3,(H,14,16). The van der Waals surface area contributed by atoms with E-state index in [1.165, 1.54) is 18.2 Å². The third-order valence-corrected chi connectivity index (χ3v) is 3.02. The highest BCUT2D eigenvalue weighted by molar-refractivity contribution is 6.32. The van der Waals surface area contributed by atoms with E-state index in [4.69, 9.17) is 16.3 Å². The number of non-ortho nitro benzene ring substituents is 1. The van der Waals surface area contributed by atoms with E-state index in [1.807, 2.05) is 0 Å². The molecule has 0 heterocycles. The van der Waals surface area contributed by atoms with Crippen molar-refractivity contribution in [3.8, 4) is 5.75 Å². The molecule has 1 amide bonds. The summed E-state index contributed by atoms with van der Waals surface area (Å²) >= 11 is 5.88. The molecule has 6 nitrogen and oxygen atoms in total. The highest BCUT2D eigenvalue weighted by atomic mass is 35.5. The zero-order chi connectivity index (χ0) is 14.0. The number of nitrogens with zero attached hydrogens (tertiary/aromatic N) is 1. The molecule has 1 aliphatic carbocycles. The number of hydrogen-bond acceptors (Lipinski definition) is 4. The Bertz CT molecular complexity index is 516. The van der Waals surface area contributed by atoms with Crippen molar-refractivity contribution < 1.29 is 14.5 Å². The summed E-state index contributed by atoms with van der Waals surface area (Å²) in [5.41, 5.74) is -0.118. The van der Waals surface area contributed by atoms with Crippen LogP contribution >= 0.6 is 11.6 Å². The summed E-state index contributed by atoms with van der Waals surface area (Å²) in [5, 5.41) is 13.5. The Morgan fingerprint density at radius 3 is 2.79 bits per heavy atom. The van der Waals surface area contributed by atoms with Gasteiger partial charge in [0, 0.05) is 18.2 Å². The molecule has 1 N–H and O–H groups in total. The van der Waals surface area contributed by atoms with E-state index in [0.29, 0.717) is 0 Å². The molecule has 0 spiro atoms. The molecule has 7 heteroatoms. The topological polar surface area (TPSA) is 81.5 Å². The average molecular weight is 285 g/mol. The Morgan fingerprint density at radius 2 is 2.26 bits per heavy atom. The molecule has 0 radical (unpaired) electrons. The van der Waals surface area contributed by atoms with Gasteiger partial charge in [0.1, 0.15) is 5.75 Å². The predicted molar refractivity (Wildman–Crippen MR) is 69.4 cm³/mol. The van der Waals surface area contributed by atoms with Crippen molar-refractivity contribution in [1.82, 2.24) is 5.32 Å². The van der Waals surface area contributed by atoms with E-state index in [1.54, 1.807) is 6.92 Å². The Kier molecular flexibility index (Phi) is 3.90. The predicted octanol–water partition coefficient (Wildman–Crippen LogP) is 2.29. The third-order valence-electron chi connectivity index (χ3n) is 2.72. The van der Waals surface area contributed by atoms with Gasteiger partial charge in [0.25, 0.3) is 11.6 Å². The number of nitrogens with one attached hydrogen (secondary N) is 1. The van der Waals surface area contributed by atoms with E-state index in [9.17, 15) is 14.9 Å². The van der Waals surface area contributed by atoms with Crippen LogP contribution in [-0.2, 0) is 4.79 Å². The fourth-order valence-electron chi connectivity index (χ4n) is 1.49. The fourth-order valence-corrected chi connectivity index (χ4v) is 1.71. The smallest absolute Gasteiger partial charge is 0.271 e. The molecular weight excluding hydrogens is 272 g/mol. The SMILES string of the molecule is CC(Oc1ccc([N+](=O)[O-])cc1Cl)C(=O)NC1CC1. The van der Waals surface area contributed by atoms with Gasteiger partial charge in [0.15, 0.2) is 6.10 Å². The van der Waals surface area contributed by atoms with Crippen LogP contribution in [0.15, 0.2) is 18.2 Å². The number of ether oxygens (including phenoxy) is 1. The van der Waals surface area contributed by atoms with Crippen LogP contribution in [-0.4, -0.2) is 23.0 Å². The van der Waals surface area contributed by atoms with Gasteiger partial charge in [-0.1, -0.05) is 11.6 Å². The van der Waals surface area contributed by atoms with Crippen LogP contribution in [0.25, 0.3) is 0 Å². The van der Waals surface area contributed by atoms with Crippen molar-refractivity contribution in [2.24, 2.45) is 0 Å². The van der Waals surface area contributed by atoms with Gasteiger partial charge in [-0.2, -0.15) is 0 Å². The molecule has 0 aromatic heterocycles. The van der Waals surface area contributed by atoms with Crippen molar-refractivity contribution in [3.63, 3.8) is 0 Å². The maximum atomic E-state index is 11.7. The lowest BCUT2D eigenvalue weighted by Crippen LogP contribution is -2.37. The normalized spacial score (nSPS) is 15.7. The van der Waals surface area contributed by atoms with Crippen molar-refractivity contribution in [2.45, 2.75) is 31.9 Å². The van der Waals surface area contributed by atoms with Crippen LogP contribution < -0.4 is 10.1 Å². The van der Waals surface area contributed by atoms with Gasteiger partial charge in [-0.05, 0) is 25.8 Å². The lowest BCUT2D eigenvalue weighted by atomic mass is 10.3. The Labute approximate surface area is 114 Å². The quantitative estimate of drug-likeness (QED) is 0.664. The monoisotopic (exact) mass is 284 g/mol. The molecule has 1 fully saturated rings. The lowest BCUT2D eigenvalue weighted by Gasteiger charge is -2.15. The molecule has 1 saturated carbocycles. The Hall–Kier alpha value is -1.82. The van der Waals surface area contributed by atoms with Crippen molar-refractivity contribution >= 4 is 23.2 Å². The minimum absolute atomic E-state index is 0.111. The van der Waals surface area contributed by atoms with Gasteiger partial charge in [-0.15, -0.1) is 0 Å². The number of amides is 1. The molecule has 1 aromatic rings. The first-order valence-electron chi connectivity index (χ1n) is 5.88. The number of carbonyl (C=O) groups is 1. The molecule has 2 rings (SSSR count). The first kappa shape index (κ1) is 13.6. The van der Waals surface area contributed by atoms with Crippen LogP contribution in [0.3, 0.4) is 0 Å². The summed E-state index contributed by atoms with van der Waals surface area (Å²) in [7, 11) is 0. The zero-order valence-electron chi connectivity index (χ0n) is 10.3. The van der Waals surface area contributed by atoms with E-state index >= 15 is 0 Å². The van der Waals surface area contributed by atoms with Gasteiger partial charge >= 0.3 is 0 Å². The summed E-state index contributed by atoms with van der Waals surface area (Å²) in [6.45, 7) is 1.61. The number of hydrogen-bond donors (Lipinski definition) is 1. The summed E-state index contributed by atoms with van der Waals surface area (Å²) < 4.78 is 5.40. The highest BCUT2D eigenvalue weighted by Gasteiger charge is 2.26. The highest BCUT2D eigenvalue weighted by Crippen LogP contribution is 2.29. The molecule has 0 bridgehead atoms. The van der Waals surface area contributed by atoms with Gasteiger partial charge < -0.3 is 10.1 Å². The zero-order valence-corrected chi connectivity index (χ0v) is 11.0. The number of carbonyl (C=O) groups excluding carboxylic acids is 1. The van der Waals surface area contributed by atoms with Crippen molar-refractivity contribution in [3.05, 3.63) is 33.3 Å². The molecule has 0 aliphatic heterocycles. The second kappa shape index (κ2) is 5.44. The van der Waals surface area contributed by atoms with Crippen LogP contribution in [0.5, 0.6) is 5.75 Å². The van der Waals surface area contributed by atoms with Crippen molar-refractivity contribution in [1.29, 1.82) is 0 Å². The maximum absolute atomic E-state index is 11.7. The molecule has 1 unspecified atom stereocenters. The number of nitro benzene ring substituents is 1. The lowest BCUT2D eigenvalue weighted by molar-refractivity contribution is -0.384. The first-order valence-corrected chi connectivity index (χ1v) is 6.26. The Balaban J connectivity index is 2.01. The van der Waals surface area contributed by atoms with Crippen LogP contribution in [0.4, 0.5) is 5.69 Å². The number of nitro groups is 1. The van der Waals surface area contributed by atoms with Crippen LogP contribution in [0, 0.1) is 10.1 Å². The minimum atomic E-state index is -0.695. The molecular formula is C12H13ClN2O4. The molecule has 1 atom stereocenters. The minimum Gasteiger partial charge on any atom is -0.479 e. The van der Waals surface area contributed by atoms with Crippen LogP contribution in [0.2, 0.25) is 5.02 Å². The molecule has 1 aliphatic rings.